The van der Waals surface area contributed by atoms with Crippen LogP contribution in [0.5, 0.6) is 23.0 Å². The lowest BCUT2D eigenvalue weighted by molar-refractivity contribution is -0.166. The minimum atomic E-state index is -1.01. The van der Waals surface area contributed by atoms with Crippen LogP contribution in [-0.4, -0.2) is 28.6 Å². The maximum atomic E-state index is 10.9. The molecule has 1 spiro atoms. The second kappa shape index (κ2) is 6.81. The van der Waals surface area contributed by atoms with E-state index >= 15 is 0 Å². The second-order valence-corrected chi connectivity index (χ2v) is 10.2. The van der Waals surface area contributed by atoms with Crippen molar-refractivity contribution < 1.29 is 29.2 Å². The normalized spacial score (nSPS) is 22.6. The van der Waals surface area contributed by atoms with Gasteiger partial charge in [-0.1, -0.05) is 27.7 Å². The van der Waals surface area contributed by atoms with Crippen molar-refractivity contribution in [2.45, 2.75) is 71.0 Å². The summed E-state index contributed by atoms with van der Waals surface area (Å²) in [6.07, 6.45) is 1.26. The lowest BCUT2D eigenvalue weighted by atomic mass is 9.69. The smallest absolute Gasteiger partial charge is 0.341 e. The number of aliphatic carboxylic acids is 1. The topological polar surface area (TPSA) is 85.2 Å². The summed E-state index contributed by atoms with van der Waals surface area (Å²) in [6, 6.07) is 7.48. The van der Waals surface area contributed by atoms with Gasteiger partial charge in [-0.05, 0) is 49.2 Å². The Balaban J connectivity index is 1.76. The van der Waals surface area contributed by atoms with Crippen LogP contribution in [0.15, 0.2) is 24.3 Å². The van der Waals surface area contributed by atoms with Crippen molar-refractivity contribution in [1.82, 2.24) is 0 Å². The van der Waals surface area contributed by atoms with Gasteiger partial charge >= 0.3 is 5.97 Å². The SMILES string of the molecule is Cc1cc2c(cc1O)C(C)(C)CC1(CC(C)(C)c3cc(OCC(=O)O)c(C)cc3O1)O2. The zero-order chi connectivity index (χ0) is 22.8. The van der Waals surface area contributed by atoms with Gasteiger partial charge in [0.15, 0.2) is 6.61 Å². The molecule has 0 aliphatic carbocycles. The molecular weight excluding hydrogens is 396 g/mol. The number of hydrogen-bond acceptors (Lipinski definition) is 5. The highest BCUT2D eigenvalue weighted by Gasteiger charge is 2.53. The molecule has 0 saturated carbocycles. The Labute approximate surface area is 182 Å². The molecule has 0 saturated heterocycles. The maximum Gasteiger partial charge on any atom is 0.341 e. The van der Waals surface area contributed by atoms with Gasteiger partial charge in [0.1, 0.15) is 23.0 Å². The van der Waals surface area contributed by atoms with Gasteiger partial charge in [0.05, 0.1) is 0 Å². The van der Waals surface area contributed by atoms with E-state index in [0.717, 1.165) is 33.8 Å². The Kier molecular flexibility index (Phi) is 4.69. The van der Waals surface area contributed by atoms with Crippen LogP contribution in [-0.2, 0) is 15.6 Å². The summed E-state index contributed by atoms with van der Waals surface area (Å²) in [5, 5.41) is 19.2. The minimum Gasteiger partial charge on any atom is -0.508 e. The van der Waals surface area contributed by atoms with Crippen molar-refractivity contribution >= 4 is 5.97 Å². The van der Waals surface area contributed by atoms with Crippen LogP contribution < -0.4 is 14.2 Å². The summed E-state index contributed by atoms with van der Waals surface area (Å²) in [5.41, 5.74) is 2.97. The average molecular weight is 427 g/mol. The lowest BCUT2D eigenvalue weighted by Gasteiger charge is -2.51. The largest absolute Gasteiger partial charge is 0.508 e. The van der Waals surface area contributed by atoms with Gasteiger partial charge in [-0.2, -0.15) is 0 Å². The first-order valence-electron chi connectivity index (χ1n) is 10.5. The van der Waals surface area contributed by atoms with Crippen molar-refractivity contribution in [3.05, 3.63) is 46.5 Å². The van der Waals surface area contributed by atoms with Crippen molar-refractivity contribution in [1.29, 1.82) is 0 Å². The fraction of sp³-hybridized carbons (Fsp3) is 0.480. The molecule has 6 heteroatoms. The number of benzene rings is 2. The highest BCUT2D eigenvalue weighted by molar-refractivity contribution is 5.68. The van der Waals surface area contributed by atoms with E-state index in [-0.39, 0.29) is 23.2 Å². The van der Waals surface area contributed by atoms with Crippen LogP contribution in [0.3, 0.4) is 0 Å². The summed E-state index contributed by atoms with van der Waals surface area (Å²) >= 11 is 0. The van der Waals surface area contributed by atoms with Crippen LogP contribution >= 0.6 is 0 Å². The second-order valence-electron chi connectivity index (χ2n) is 10.2. The third-order valence-corrected chi connectivity index (χ3v) is 6.40. The molecule has 31 heavy (non-hydrogen) atoms. The molecule has 2 aromatic rings. The molecule has 1 unspecified atom stereocenters. The molecule has 0 aromatic heterocycles. The van der Waals surface area contributed by atoms with Crippen LogP contribution in [0.4, 0.5) is 0 Å². The summed E-state index contributed by atoms with van der Waals surface area (Å²) in [7, 11) is 0. The standard InChI is InChI=1S/C25H30O6/c1-14-7-20-16(9-18(14)26)23(3,4)12-25(30-20)13-24(5,6)17-10-19(29-11-22(27)28)15(2)8-21(17)31-25/h7-10,26H,11-13H2,1-6H3,(H,27,28). The van der Waals surface area contributed by atoms with E-state index in [1.165, 1.54) is 0 Å². The first kappa shape index (κ1) is 21.3. The van der Waals surface area contributed by atoms with Crippen LogP contribution in [0.25, 0.3) is 0 Å². The number of fused-ring (bicyclic) bond motifs is 2. The molecule has 1 atom stereocenters. The fourth-order valence-electron chi connectivity index (χ4n) is 5.02. The third kappa shape index (κ3) is 3.68. The minimum absolute atomic E-state index is 0.258. The molecule has 4 rings (SSSR count). The Bertz CT molecular complexity index is 1070. The monoisotopic (exact) mass is 426 g/mol. The molecular formula is C25H30O6. The highest BCUT2D eigenvalue weighted by atomic mass is 16.7. The van der Waals surface area contributed by atoms with E-state index in [4.69, 9.17) is 19.3 Å². The van der Waals surface area contributed by atoms with Crippen LogP contribution in [0, 0.1) is 13.8 Å². The summed E-state index contributed by atoms with van der Waals surface area (Å²) in [5.74, 6) is 0.438. The van der Waals surface area contributed by atoms with Crippen molar-refractivity contribution in [3.63, 3.8) is 0 Å². The molecule has 2 aromatic carbocycles. The first-order valence-corrected chi connectivity index (χ1v) is 10.5. The molecule has 0 fully saturated rings. The molecule has 0 radical (unpaired) electrons. The van der Waals surface area contributed by atoms with Crippen molar-refractivity contribution in [2.24, 2.45) is 0 Å². The number of hydrogen-bond donors (Lipinski definition) is 2. The predicted octanol–water partition coefficient (Wildman–Crippen LogP) is 4.99. The number of phenolic OH excluding ortho intramolecular Hbond substituents is 1. The fourth-order valence-corrected chi connectivity index (χ4v) is 5.02. The predicted molar refractivity (Wildman–Crippen MR) is 116 cm³/mol. The number of aromatic hydroxyl groups is 1. The van der Waals surface area contributed by atoms with Gasteiger partial charge in [-0.3, -0.25) is 0 Å². The molecule has 2 aliphatic rings. The molecule has 2 N–H and O–H groups in total. The van der Waals surface area contributed by atoms with Crippen LogP contribution in [0.2, 0.25) is 0 Å². The van der Waals surface area contributed by atoms with Gasteiger partial charge in [-0.25, -0.2) is 4.79 Å². The Morgan fingerprint density at radius 2 is 1.45 bits per heavy atom. The van der Waals surface area contributed by atoms with E-state index in [2.05, 4.69) is 27.7 Å². The number of ether oxygens (including phenoxy) is 3. The first-order chi connectivity index (χ1) is 14.3. The molecule has 0 bridgehead atoms. The zero-order valence-electron chi connectivity index (χ0n) is 19.0. The average Bonchev–Trinajstić information content (AvgIpc) is 2.60. The van der Waals surface area contributed by atoms with Crippen molar-refractivity contribution in [3.8, 4) is 23.0 Å². The van der Waals surface area contributed by atoms with E-state index in [0.29, 0.717) is 18.6 Å². The Hall–Kier alpha value is -2.89. The summed E-state index contributed by atoms with van der Waals surface area (Å²) < 4.78 is 18.6. The van der Waals surface area contributed by atoms with E-state index in [1.54, 1.807) is 6.07 Å². The molecule has 0 amide bonds. The van der Waals surface area contributed by atoms with Crippen LogP contribution in [0.1, 0.15) is 62.8 Å². The van der Waals surface area contributed by atoms with E-state index < -0.39 is 11.8 Å². The number of phenols is 1. The highest BCUT2D eigenvalue weighted by Crippen LogP contribution is 2.55. The Morgan fingerprint density at radius 1 is 0.935 bits per heavy atom. The Morgan fingerprint density at radius 3 is 2.00 bits per heavy atom. The quantitative estimate of drug-likeness (QED) is 0.719. The molecule has 166 valence electrons. The van der Waals surface area contributed by atoms with Gasteiger partial charge in [0.2, 0.25) is 0 Å². The van der Waals surface area contributed by atoms with Crippen molar-refractivity contribution in [2.75, 3.05) is 6.61 Å². The lowest BCUT2D eigenvalue weighted by Crippen LogP contribution is -2.55. The van der Waals surface area contributed by atoms with Gasteiger partial charge in [-0.15, -0.1) is 0 Å². The zero-order valence-corrected chi connectivity index (χ0v) is 19.0. The van der Waals surface area contributed by atoms with Gasteiger partial charge in [0, 0.05) is 34.8 Å². The number of carboxylic acid groups (broad SMARTS) is 1. The molecule has 6 nitrogen and oxygen atoms in total. The van der Waals surface area contributed by atoms with Gasteiger partial charge < -0.3 is 24.4 Å². The number of rotatable bonds is 3. The number of aryl methyl sites for hydroxylation is 2. The number of carboxylic acids is 1. The van der Waals surface area contributed by atoms with Gasteiger partial charge in [0.25, 0.3) is 5.79 Å². The molecule has 2 heterocycles. The third-order valence-electron chi connectivity index (χ3n) is 6.40. The molecule has 2 aliphatic heterocycles. The van der Waals surface area contributed by atoms with E-state index in [1.807, 2.05) is 32.0 Å². The summed E-state index contributed by atoms with van der Waals surface area (Å²) in [4.78, 5) is 10.9. The number of carbonyl (C=O) groups is 1. The summed E-state index contributed by atoms with van der Waals surface area (Å²) in [6.45, 7) is 11.9. The van der Waals surface area contributed by atoms with E-state index in [9.17, 15) is 9.90 Å². The maximum absolute atomic E-state index is 10.9.